The Labute approximate surface area is 140 Å². The van der Waals surface area contributed by atoms with E-state index in [1.807, 2.05) is 30.5 Å². The molecule has 2 aromatic rings. The minimum absolute atomic E-state index is 0.0886. The molecule has 0 N–H and O–H groups in total. The van der Waals surface area contributed by atoms with Crippen molar-refractivity contribution in [1.82, 2.24) is 14.5 Å². The Hall–Kier alpha value is -2.35. The summed E-state index contributed by atoms with van der Waals surface area (Å²) in [7, 11) is -3.35. The maximum Gasteiger partial charge on any atom is 0.238 e. The van der Waals surface area contributed by atoms with Crippen LogP contribution in [0, 0.1) is 0 Å². The van der Waals surface area contributed by atoms with E-state index in [9.17, 15) is 13.2 Å². The van der Waals surface area contributed by atoms with Gasteiger partial charge in [-0.1, -0.05) is 6.07 Å². The van der Waals surface area contributed by atoms with Gasteiger partial charge in [0.05, 0.1) is 12.6 Å². The van der Waals surface area contributed by atoms with Crippen LogP contribution in [0.5, 0.6) is 5.88 Å². The van der Waals surface area contributed by atoms with Crippen LogP contribution in [0.15, 0.2) is 42.7 Å². The maximum atomic E-state index is 12.2. The first-order valence-corrected chi connectivity index (χ1v) is 9.63. The molecule has 8 heteroatoms. The molecule has 0 spiro atoms. The number of carbonyl (C=O) groups excluding carboxylic acids is 1. The highest BCUT2D eigenvalue weighted by atomic mass is 32.2. The monoisotopic (exact) mass is 349 g/mol. The Morgan fingerprint density at radius 1 is 1.33 bits per heavy atom. The number of hydrogen-bond acceptors (Lipinski definition) is 5. The third-order valence-corrected chi connectivity index (χ3v) is 4.62. The predicted molar refractivity (Wildman–Crippen MR) is 88.3 cm³/mol. The molecule has 3 rings (SSSR count). The van der Waals surface area contributed by atoms with Gasteiger partial charge in [-0.05, 0) is 18.2 Å². The zero-order valence-corrected chi connectivity index (χ0v) is 14.1. The number of ether oxygens (including phenoxy) is 1. The number of amides is 1. The first kappa shape index (κ1) is 16.5. The van der Waals surface area contributed by atoms with Gasteiger partial charge in [-0.25, -0.2) is 13.4 Å². The zero-order chi connectivity index (χ0) is 17.2. The Balaban J connectivity index is 1.73. The topological polar surface area (TPSA) is 81.5 Å². The summed E-state index contributed by atoms with van der Waals surface area (Å²) in [6, 6.07) is 9.16. The Kier molecular flexibility index (Phi) is 4.57. The number of sulfone groups is 1. The number of pyridine rings is 1. The van der Waals surface area contributed by atoms with Crippen molar-refractivity contribution < 1.29 is 17.9 Å². The van der Waals surface area contributed by atoms with Crippen molar-refractivity contribution in [1.29, 1.82) is 0 Å². The van der Waals surface area contributed by atoms with E-state index in [2.05, 4.69) is 9.55 Å². The van der Waals surface area contributed by atoms with Crippen molar-refractivity contribution in [2.45, 2.75) is 12.6 Å². The van der Waals surface area contributed by atoms with E-state index < -0.39 is 15.6 Å². The molecule has 0 saturated carbocycles. The normalized spacial score (nSPS) is 17.4. The van der Waals surface area contributed by atoms with Gasteiger partial charge in [-0.3, -0.25) is 4.79 Å². The van der Waals surface area contributed by atoms with Crippen LogP contribution in [0.25, 0.3) is 0 Å². The van der Waals surface area contributed by atoms with Crippen LogP contribution in [0.2, 0.25) is 0 Å². The fraction of sp³-hybridized carbons (Fsp3) is 0.375. The summed E-state index contributed by atoms with van der Waals surface area (Å²) < 4.78 is 30.5. The van der Waals surface area contributed by atoms with Crippen molar-refractivity contribution in [3.8, 4) is 5.88 Å². The summed E-state index contributed by atoms with van der Waals surface area (Å²) in [5, 5.41) is 0. The SMILES string of the molecule is CS(=O)(=O)CC(=O)N1Cc2cccn2[C@H](COc2ccccn2)C1. The summed E-state index contributed by atoms with van der Waals surface area (Å²) in [6.45, 7) is 1.16. The van der Waals surface area contributed by atoms with Crippen LogP contribution in [0.1, 0.15) is 11.7 Å². The number of aromatic nitrogens is 2. The lowest BCUT2D eigenvalue weighted by Crippen LogP contribution is -2.44. The molecule has 0 fully saturated rings. The van der Waals surface area contributed by atoms with E-state index in [0.29, 0.717) is 25.6 Å². The predicted octanol–water partition coefficient (Wildman–Crippen LogP) is 0.890. The molecule has 128 valence electrons. The van der Waals surface area contributed by atoms with Crippen LogP contribution < -0.4 is 4.74 Å². The Morgan fingerprint density at radius 3 is 2.88 bits per heavy atom. The van der Waals surface area contributed by atoms with Crippen LogP contribution >= 0.6 is 0 Å². The second kappa shape index (κ2) is 6.64. The van der Waals surface area contributed by atoms with E-state index in [4.69, 9.17) is 4.74 Å². The fourth-order valence-corrected chi connectivity index (χ4v) is 3.41. The highest BCUT2D eigenvalue weighted by Crippen LogP contribution is 2.23. The van der Waals surface area contributed by atoms with Crippen LogP contribution in [-0.2, 0) is 21.2 Å². The van der Waals surface area contributed by atoms with Gasteiger partial charge in [0, 0.05) is 37.0 Å². The first-order chi connectivity index (χ1) is 11.4. The van der Waals surface area contributed by atoms with E-state index in [1.165, 1.54) is 0 Å². The van der Waals surface area contributed by atoms with Gasteiger partial charge < -0.3 is 14.2 Å². The lowest BCUT2D eigenvalue weighted by Gasteiger charge is -2.34. The second-order valence-corrected chi connectivity index (χ2v) is 8.02. The molecule has 1 aliphatic heterocycles. The maximum absolute atomic E-state index is 12.2. The second-order valence-electron chi connectivity index (χ2n) is 5.88. The van der Waals surface area contributed by atoms with Crippen molar-refractivity contribution in [2.24, 2.45) is 0 Å². The number of carbonyl (C=O) groups is 1. The lowest BCUT2D eigenvalue weighted by molar-refractivity contribution is -0.130. The summed E-state index contributed by atoms with van der Waals surface area (Å²) in [4.78, 5) is 17.9. The van der Waals surface area contributed by atoms with E-state index in [0.717, 1.165) is 11.9 Å². The Morgan fingerprint density at radius 2 is 2.17 bits per heavy atom. The van der Waals surface area contributed by atoms with Crippen molar-refractivity contribution >= 4 is 15.7 Å². The molecule has 1 amide bonds. The first-order valence-electron chi connectivity index (χ1n) is 7.57. The molecule has 0 unspecified atom stereocenters. The summed E-state index contributed by atoms with van der Waals surface area (Å²) in [5.41, 5.74) is 0.956. The molecule has 3 heterocycles. The molecule has 0 aromatic carbocycles. The zero-order valence-electron chi connectivity index (χ0n) is 13.3. The van der Waals surface area contributed by atoms with Gasteiger partial charge in [0.2, 0.25) is 11.8 Å². The number of nitrogens with zero attached hydrogens (tertiary/aromatic N) is 3. The van der Waals surface area contributed by atoms with Crippen molar-refractivity contribution in [3.63, 3.8) is 0 Å². The van der Waals surface area contributed by atoms with Gasteiger partial charge in [0.15, 0.2) is 9.84 Å². The van der Waals surface area contributed by atoms with Gasteiger partial charge in [0.1, 0.15) is 12.4 Å². The van der Waals surface area contributed by atoms with Gasteiger partial charge in [-0.2, -0.15) is 0 Å². The third kappa shape index (κ3) is 3.94. The van der Waals surface area contributed by atoms with Crippen LogP contribution in [0.3, 0.4) is 0 Å². The molecule has 0 aliphatic carbocycles. The fourth-order valence-electron chi connectivity index (χ4n) is 2.77. The quantitative estimate of drug-likeness (QED) is 0.801. The molecule has 1 aliphatic rings. The van der Waals surface area contributed by atoms with Crippen LogP contribution in [0.4, 0.5) is 0 Å². The molecule has 1 atom stereocenters. The molecule has 7 nitrogen and oxygen atoms in total. The van der Waals surface area contributed by atoms with Gasteiger partial charge in [-0.15, -0.1) is 0 Å². The lowest BCUT2D eigenvalue weighted by atomic mass is 10.2. The standard InChI is InChI=1S/C16H19N3O4S/c1-24(21,22)12-16(20)18-9-13-5-4-8-19(13)14(10-18)11-23-15-6-2-3-7-17-15/h2-8,14H,9-12H2,1H3/t14-/m0/s1. The molecule has 0 radical (unpaired) electrons. The average molecular weight is 349 g/mol. The number of fused-ring (bicyclic) bond motifs is 1. The number of rotatable bonds is 5. The van der Waals surface area contributed by atoms with E-state index in [-0.39, 0.29) is 11.9 Å². The summed E-state index contributed by atoms with van der Waals surface area (Å²) in [5.74, 6) is -0.333. The smallest absolute Gasteiger partial charge is 0.238 e. The van der Waals surface area contributed by atoms with E-state index >= 15 is 0 Å². The van der Waals surface area contributed by atoms with Crippen molar-refractivity contribution in [2.75, 3.05) is 25.2 Å². The summed E-state index contributed by atoms with van der Waals surface area (Å²) >= 11 is 0. The van der Waals surface area contributed by atoms with Gasteiger partial charge >= 0.3 is 0 Å². The van der Waals surface area contributed by atoms with E-state index in [1.54, 1.807) is 17.2 Å². The van der Waals surface area contributed by atoms with Crippen LogP contribution in [-0.4, -0.2) is 53.9 Å². The molecule has 2 aromatic heterocycles. The average Bonchev–Trinajstić information content (AvgIpc) is 3.00. The molecular weight excluding hydrogens is 330 g/mol. The van der Waals surface area contributed by atoms with Gasteiger partial charge in [0.25, 0.3) is 0 Å². The minimum atomic E-state index is -3.35. The summed E-state index contributed by atoms with van der Waals surface area (Å²) in [6.07, 6.45) is 4.67. The number of hydrogen-bond donors (Lipinski definition) is 0. The Bertz CT molecular complexity index is 817. The third-order valence-electron chi connectivity index (χ3n) is 3.84. The molecule has 24 heavy (non-hydrogen) atoms. The molecular formula is C16H19N3O4S. The minimum Gasteiger partial charge on any atom is -0.475 e. The largest absolute Gasteiger partial charge is 0.475 e. The van der Waals surface area contributed by atoms with Crippen molar-refractivity contribution in [3.05, 3.63) is 48.4 Å². The molecule has 0 bridgehead atoms. The molecule has 0 saturated heterocycles. The highest BCUT2D eigenvalue weighted by Gasteiger charge is 2.29. The highest BCUT2D eigenvalue weighted by molar-refractivity contribution is 7.91.